The topological polar surface area (TPSA) is 47.7 Å². The summed E-state index contributed by atoms with van der Waals surface area (Å²) in [6.45, 7) is 2.05. The maximum atomic E-state index is 13.4. The zero-order valence-electron chi connectivity index (χ0n) is 11.6. The van der Waals surface area contributed by atoms with Gasteiger partial charge in [-0.05, 0) is 23.8 Å². The van der Waals surface area contributed by atoms with Crippen LogP contribution < -0.4 is 5.73 Å². The lowest BCUT2D eigenvalue weighted by Crippen LogP contribution is -2.27. The molecule has 20 heavy (non-hydrogen) atoms. The van der Waals surface area contributed by atoms with E-state index in [1.165, 1.54) is 12.1 Å². The van der Waals surface area contributed by atoms with E-state index in [9.17, 15) is 4.39 Å². The summed E-state index contributed by atoms with van der Waals surface area (Å²) in [7, 11) is 3.34. The van der Waals surface area contributed by atoms with Gasteiger partial charge in [-0.2, -0.15) is 0 Å². The molecule has 1 aromatic carbocycles. The molecule has 2 N–H and O–H groups in total. The van der Waals surface area contributed by atoms with Gasteiger partial charge in [0.2, 0.25) is 0 Å². The van der Waals surface area contributed by atoms with E-state index in [-0.39, 0.29) is 23.0 Å². The van der Waals surface area contributed by atoms with Crippen molar-refractivity contribution in [3.8, 4) is 0 Å². The number of thiocarbonyl (C=S) groups is 1. The van der Waals surface area contributed by atoms with E-state index in [1.807, 2.05) is 0 Å². The molecule has 0 bridgehead atoms. The van der Waals surface area contributed by atoms with Crippen molar-refractivity contribution in [2.45, 2.75) is 18.8 Å². The molecule has 6 heteroatoms. The van der Waals surface area contributed by atoms with Gasteiger partial charge in [0.1, 0.15) is 10.8 Å². The zero-order valence-corrected chi connectivity index (χ0v) is 12.5. The molecular weight excluding hydrogens is 279 g/mol. The third-order valence-electron chi connectivity index (χ3n) is 3.62. The summed E-state index contributed by atoms with van der Waals surface area (Å²) < 4.78 is 24.2. The number of benzene rings is 1. The van der Waals surface area contributed by atoms with Crippen LogP contribution >= 0.6 is 12.2 Å². The molecule has 0 saturated carbocycles. The Labute approximate surface area is 123 Å². The number of hydrogen-bond acceptors (Lipinski definition) is 4. The molecule has 0 aromatic heterocycles. The SMILES string of the molecule is COC1CN(Cc2cc(F)ccc2C(N)=S)CC1OC. The monoisotopic (exact) mass is 298 g/mol. The van der Waals surface area contributed by atoms with Crippen LogP contribution in [0.2, 0.25) is 0 Å². The van der Waals surface area contributed by atoms with Gasteiger partial charge in [0.15, 0.2) is 0 Å². The van der Waals surface area contributed by atoms with Crippen molar-refractivity contribution in [2.75, 3.05) is 27.3 Å². The molecule has 1 aromatic rings. The first-order valence-electron chi connectivity index (χ1n) is 6.41. The second kappa shape index (κ2) is 6.58. The first-order chi connectivity index (χ1) is 9.55. The third-order valence-corrected chi connectivity index (χ3v) is 3.84. The van der Waals surface area contributed by atoms with Gasteiger partial charge in [-0.1, -0.05) is 12.2 Å². The Bertz CT molecular complexity index is 486. The Balaban J connectivity index is 2.14. The van der Waals surface area contributed by atoms with E-state index in [2.05, 4.69) is 4.90 Å². The van der Waals surface area contributed by atoms with Gasteiger partial charge in [-0.25, -0.2) is 4.39 Å². The molecule has 0 radical (unpaired) electrons. The molecule has 2 atom stereocenters. The average Bonchev–Trinajstić information content (AvgIpc) is 2.80. The van der Waals surface area contributed by atoms with Crippen LogP contribution in [0.1, 0.15) is 11.1 Å². The lowest BCUT2D eigenvalue weighted by molar-refractivity contribution is -0.00461. The maximum Gasteiger partial charge on any atom is 0.123 e. The van der Waals surface area contributed by atoms with Crippen molar-refractivity contribution in [2.24, 2.45) is 5.73 Å². The third kappa shape index (κ3) is 3.32. The summed E-state index contributed by atoms with van der Waals surface area (Å²) >= 11 is 5.01. The molecular formula is C14H19FN2O2S. The van der Waals surface area contributed by atoms with E-state index in [4.69, 9.17) is 27.4 Å². The molecule has 110 valence electrons. The fourth-order valence-corrected chi connectivity index (χ4v) is 2.77. The van der Waals surface area contributed by atoms with Gasteiger partial charge in [-0.15, -0.1) is 0 Å². The maximum absolute atomic E-state index is 13.4. The van der Waals surface area contributed by atoms with Crippen LogP contribution in [0.25, 0.3) is 0 Å². The number of hydrogen-bond donors (Lipinski definition) is 1. The predicted octanol–water partition coefficient (Wildman–Crippen LogP) is 1.31. The molecule has 0 amide bonds. The molecule has 0 spiro atoms. The van der Waals surface area contributed by atoms with Crippen LogP contribution in [0, 0.1) is 5.82 Å². The highest BCUT2D eigenvalue weighted by Crippen LogP contribution is 2.20. The Kier molecular flexibility index (Phi) is 5.04. The molecule has 1 aliphatic heterocycles. The molecule has 2 unspecified atom stereocenters. The lowest BCUT2D eigenvalue weighted by atomic mass is 10.1. The molecule has 1 aliphatic rings. The summed E-state index contributed by atoms with van der Waals surface area (Å²) in [5.41, 5.74) is 7.20. The molecule has 1 saturated heterocycles. The van der Waals surface area contributed by atoms with E-state index in [0.29, 0.717) is 6.54 Å². The van der Waals surface area contributed by atoms with Crippen LogP contribution in [-0.2, 0) is 16.0 Å². The Morgan fingerprint density at radius 2 is 1.95 bits per heavy atom. The van der Waals surface area contributed by atoms with Gasteiger partial charge < -0.3 is 15.2 Å². The van der Waals surface area contributed by atoms with Crippen LogP contribution in [0.3, 0.4) is 0 Å². The summed E-state index contributed by atoms with van der Waals surface area (Å²) in [4.78, 5) is 2.43. The highest BCUT2D eigenvalue weighted by Gasteiger charge is 2.33. The van der Waals surface area contributed by atoms with Gasteiger partial charge in [0.25, 0.3) is 0 Å². The first-order valence-corrected chi connectivity index (χ1v) is 6.82. The van der Waals surface area contributed by atoms with Crippen molar-refractivity contribution in [3.05, 3.63) is 35.1 Å². The standard InChI is InChI=1S/C14H19FN2O2S/c1-18-12-7-17(8-13(12)19-2)6-9-5-10(15)3-4-11(9)14(16)20/h3-5,12-13H,6-8H2,1-2H3,(H2,16,20). The fourth-order valence-electron chi connectivity index (χ4n) is 2.57. The van der Waals surface area contributed by atoms with Gasteiger partial charge in [-0.3, -0.25) is 4.90 Å². The van der Waals surface area contributed by atoms with Crippen LogP contribution in [0.15, 0.2) is 18.2 Å². The second-order valence-electron chi connectivity index (χ2n) is 4.91. The van der Waals surface area contributed by atoms with E-state index < -0.39 is 0 Å². The lowest BCUT2D eigenvalue weighted by Gasteiger charge is -2.17. The minimum atomic E-state index is -0.286. The fraction of sp³-hybridized carbons (Fsp3) is 0.500. The number of nitrogens with two attached hydrogens (primary N) is 1. The van der Waals surface area contributed by atoms with Crippen molar-refractivity contribution in [1.29, 1.82) is 0 Å². The molecule has 1 fully saturated rings. The average molecular weight is 298 g/mol. The number of methoxy groups -OCH3 is 2. The summed E-state index contributed by atoms with van der Waals surface area (Å²) in [6.07, 6.45) is 0.0590. The normalized spacial score (nSPS) is 23.1. The Hall–Kier alpha value is -1.08. The van der Waals surface area contributed by atoms with Crippen molar-refractivity contribution < 1.29 is 13.9 Å². The molecule has 0 aliphatic carbocycles. The number of nitrogens with zero attached hydrogens (tertiary/aromatic N) is 1. The highest BCUT2D eigenvalue weighted by molar-refractivity contribution is 7.80. The minimum Gasteiger partial charge on any atom is -0.389 e. The van der Waals surface area contributed by atoms with Crippen LogP contribution in [-0.4, -0.2) is 49.4 Å². The highest BCUT2D eigenvalue weighted by atomic mass is 32.1. The summed E-state index contributed by atoms with van der Waals surface area (Å²) in [6, 6.07) is 4.49. The summed E-state index contributed by atoms with van der Waals surface area (Å²) in [5.74, 6) is -0.286. The Morgan fingerprint density at radius 1 is 1.35 bits per heavy atom. The van der Waals surface area contributed by atoms with Crippen LogP contribution in [0.5, 0.6) is 0 Å². The van der Waals surface area contributed by atoms with E-state index in [1.54, 1.807) is 20.3 Å². The summed E-state index contributed by atoms with van der Waals surface area (Å²) in [5, 5.41) is 0. The van der Waals surface area contributed by atoms with E-state index >= 15 is 0 Å². The molecule has 4 nitrogen and oxygen atoms in total. The van der Waals surface area contributed by atoms with Crippen molar-refractivity contribution in [3.63, 3.8) is 0 Å². The number of ether oxygens (including phenoxy) is 2. The second-order valence-corrected chi connectivity index (χ2v) is 5.35. The molecule has 2 rings (SSSR count). The smallest absolute Gasteiger partial charge is 0.123 e. The van der Waals surface area contributed by atoms with E-state index in [0.717, 1.165) is 24.2 Å². The number of rotatable bonds is 5. The van der Waals surface area contributed by atoms with Crippen LogP contribution in [0.4, 0.5) is 4.39 Å². The van der Waals surface area contributed by atoms with Crippen molar-refractivity contribution >= 4 is 17.2 Å². The van der Waals surface area contributed by atoms with Gasteiger partial charge in [0.05, 0.1) is 12.2 Å². The molecule has 1 heterocycles. The quantitative estimate of drug-likeness (QED) is 0.831. The number of halogens is 1. The Morgan fingerprint density at radius 3 is 2.45 bits per heavy atom. The largest absolute Gasteiger partial charge is 0.389 e. The van der Waals surface area contributed by atoms with Gasteiger partial charge >= 0.3 is 0 Å². The zero-order chi connectivity index (χ0) is 14.7. The predicted molar refractivity (Wildman–Crippen MR) is 79.2 cm³/mol. The van der Waals surface area contributed by atoms with Gasteiger partial charge in [0, 0.05) is 39.4 Å². The first kappa shape index (κ1) is 15.3. The number of likely N-dealkylation sites (tertiary alicyclic amines) is 1. The minimum absolute atomic E-state index is 0.0295. The van der Waals surface area contributed by atoms with Crippen molar-refractivity contribution in [1.82, 2.24) is 4.90 Å².